The van der Waals surface area contributed by atoms with Crippen LogP contribution in [0.25, 0.3) is 0 Å². The molecular weight excluding hydrogens is 340 g/mol. The normalized spacial score (nSPS) is 12.4. The average Bonchev–Trinajstić information content (AvgIpc) is 2.98. The molecule has 0 unspecified atom stereocenters. The maximum absolute atomic E-state index is 12.5. The predicted molar refractivity (Wildman–Crippen MR) is 102 cm³/mol. The molecule has 0 spiro atoms. The number of nitrogens with one attached hydrogen (secondary N) is 2. The number of hydrogen-bond acceptors (Lipinski definition) is 3. The number of carbonyl (C=O) groups is 3. The first kappa shape index (κ1) is 16.7. The van der Waals surface area contributed by atoms with Crippen LogP contribution in [0.15, 0.2) is 72.8 Å². The van der Waals surface area contributed by atoms with Gasteiger partial charge in [-0.3, -0.25) is 19.7 Å². The Bertz CT molecular complexity index is 1040. The van der Waals surface area contributed by atoms with Crippen molar-refractivity contribution >= 4 is 23.4 Å². The smallest absolute Gasteiger partial charge is 0.261 e. The van der Waals surface area contributed by atoms with E-state index in [0.717, 1.165) is 12.0 Å². The summed E-state index contributed by atoms with van der Waals surface area (Å²) >= 11 is 0. The molecule has 1 aliphatic heterocycles. The number of anilines is 1. The van der Waals surface area contributed by atoms with Crippen LogP contribution in [0.4, 0.5) is 5.69 Å². The molecule has 4 rings (SSSR count). The van der Waals surface area contributed by atoms with E-state index < -0.39 is 11.8 Å². The van der Waals surface area contributed by atoms with Crippen molar-refractivity contribution in [2.45, 2.75) is 6.42 Å². The highest BCUT2D eigenvalue weighted by Gasteiger charge is 2.29. The standard InChI is InChI=1S/C22H16N2O3/c25-20(23-18-8-4-7-17-19(18)22(27)24-21(17)26)16-11-9-15(10-12-16)13-14-5-2-1-3-6-14/h1-12H,13H2,(H,23,25)(H,24,26,27). The van der Waals surface area contributed by atoms with Crippen molar-refractivity contribution in [2.75, 3.05) is 5.32 Å². The molecule has 3 aromatic rings. The molecule has 0 fully saturated rings. The molecule has 3 amide bonds. The lowest BCUT2D eigenvalue weighted by molar-refractivity contribution is 0.0879. The molecule has 2 N–H and O–H groups in total. The molecule has 0 aromatic heterocycles. The van der Waals surface area contributed by atoms with Crippen molar-refractivity contribution in [1.29, 1.82) is 0 Å². The van der Waals surface area contributed by atoms with Gasteiger partial charge in [0.1, 0.15) is 0 Å². The largest absolute Gasteiger partial charge is 0.321 e. The highest BCUT2D eigenvalue weighted by molar-refractivity contribution is 6.25. The lowest BCUT2D eigenvalue weighted by Gasteiger charge is -2.09. The van der Waals surface area contributed by atoms with Crippen LogP contribution >= 0.6 is 0 Å². The van der Waals surface area contributed by atoms with Crippen LogP contribution in [-0.4, -0.2) is 17.7 Å². The van der Waals surface area contributed by atoms with Crippen molar-refractivity contribution < 1.29 is 14.4 Å². The van der Waals surface area contributed by atoms with E-state index in [1.807, 2.05) is 30.3 Å². The molecule has 0 bridgehead atoms. The Labute approximate surface area is 156 Å². The third-order valence-corrected chi connectivity index (χ3v) is 4.48. The Kier molecular flexibility index (Phi) is 4.26. The summed E-state index contributed by atoms with van der Waals surface area (Å²) in [5.74, 6) is -1.28. The molecule has 0 saturated carbocycles. The van der Waals surface area contributed by atoms with Crippen LogP contribution in [0.2, 0.25) is 0 Å². The Morgan fingerprint density at radius 3 is 2.22 bits per heavy atom. The van der Waals surface area contributed by atoms with Crippen molar-refractivity contribution in [2.24, 2.45) is 0 Å². The van der Waals surface area contributed by atoms with Crippen LogP contribution in [0.5, 0.6) is 0 Å². The van der Waals surface area contributed by atoms with Gasteiger partial charge < -0.3 is 5.32 Å². The summed E-state index contributed by atoms with van der Waals surface area (Å²) in [5.41, 5.74) is 3.59. The van der Waals surface area contributed by atoms with Crippen LogP contribution in [0.3, 0.4) is 0 Å². The van der Waals surface area contributed by atoms with Crippen molar-refractivity contribution in [3.8, 4) is 0 Å². The summed E-state index contributed by atoms with van der Waals surface area (Å²) in [4.78, 5) is 36.2. The number of benzene rings is 3. The number of fused-ring (bicyclic) bond motifs is 1. The van der Waals surface area contributed by atoms with Gasteiger partial charge in [-0.2, -0.15) is 0 Å². The van der Waals surface area contributed by atoms with E-state index in [0.29, 0.717) is 11.3 Å². The third-order valence-electron chi connectivity index (χ3n) is 4.48. The van der Waals surface area contributed by atoms with E-state index in [4.69, 9.17) is 0 Å². The molecule has 3 aromatic carbocycles. The first-order valence-corrected chi connectivity index (χ1v) is 8.55. The van der Waals surface area contributed by atoms with Crippen LogP contribution in [-0.2, 0) is 6.42 Å². The van der Waals surface area contributed by atoms with Gasteiger partial charge in [-0.05, 0) is 41.8 Å². The van der Waals surface area contributed by atoms with E-state index in [1.165, 1.54) is 5.56 Å². The Morgan fingerprint density at radius 2 is 1.48 bits per heavy atom. The molecule has 132 valence electrons. The molecule has 0 radical (unpaired) electrons. The Balaban J connectivity index is 1.51. The van der Waals surface area contributed by atoms with Crippen LogP contribution in [0.1, 0.15) is 42.2 Å². The lowest BCUT2D eigenvalue weighted by Crippen LogP contribution is -2.20. The number of hydrogen-bond donors (Lipinski definition) is 2. The SMILES string of the molecule is O=C(Nc1cccc2c1C(=O)NC2=O)c1ccc(Cc2ccccc2)cc1. The van der Waals surface area contributed by atoms with E-state index >= 15 is 0 Å². The average molecular weight is 356 g/mol. The maximum Gasteiger partial charge on any atom is 0.261 e. The number of amides is 3. The van der Waals surface area contributed by atoms with Crippen molar-refractivity contribution in [3.05, 3.63) is 101 Å². The number of imide groups is 1. The molecule has 1 aliphatic rings. The summed E-state index contributed by atoms with van der Waals surface area (Å²) in [6, 6.07) is 22.2. The minimum absolute atomic E-state index is 0.205. The Morgan fingerprint density at radius 1 is 0.778 bits per heavy atom. The van der Waals surface area contributed by atoms with Gasteiger partial charge in [-0.15, -0.1) is 0 Å². The monoisotopic (exact) mass is 356 g/mol. The van der Waals surface area contributed by atoms with Crippen LogP contribution < -0.4 is 10.6 Å². The first-order valence-electron chi connectivity index (χ1n) is 8.55. The minimum Gasteiger partial charge on any atom is -0.321 e. The second-order valence-corrected chi connectivity index (χ2v) is 6.32. The zero-order valence-electron chi connectivity index (χ0n) is 14.4. The lowest BCUT2D eigenvalue weighted by atomic mass is 10.0. The van der Waals surface area contributed by atoms with E-state index in [9.17, 15) is 14.4 Å². The quantitative estimate of drug-likeness (QED) is 0.704. The summed E-state index contributed by atoms with van der Waals surface area (Å²) in [7, 11) is 0. The van der Waals surface area contributed by atoms with Gasteiger partial charge in [0.05, 0.1) is 16.8 Å². The topological polar surface area (TPSA) is 75.3 Å². The van der Waals surface area contributed by atoms with E-state index in [-0.39, 0.29) is 17.0 Å². The molecule has 0 saturated heterocycles. The van der Waals surface area contributed by atoms with Crippen LogP contribution in [0, 0.1) is 0 Å². The first-order chi connectivity index (χ1) is 13.1. The summed E-state index contributed by atoms with van der Waals surface area (Å²) < 4.78 is 0. The maximum atomic E-state index is 12.5. The molecule has 1 heterocycles. The summed E-state index contributed by atoms with van der Waals surface area (Å²) in [5, 5.41) is 4.96. The van der Waals surface area contributed by atoms with Crippen molar-refractivity contribution in [3.63, 3.8) is 0 Å². The van der Waals surface area contributed by atoms with Crippen molar-refractivity contribution in [1.82, 2.24) is 5.32 Å². The van der Waals surface area contributed by atoms with Gasteiger partial charge in [0.15, 0.2) is 0 Å². The zero-order chi connectivity index (χ0) is 18.8. The predicted octanol–water partition coefficient (Wildman–Crippen LogP) is 3.41. The third kappa shape index (κ3) is 3.35. The van der Waals surface area contributed by atoms with Gasteiger partial charge >= 0.3 is 0 Å². The fourth-order valence-corrected chi connectivity index (χ4v) is 3.12. The van der Waals surface area contributed by atoms with E-state index in [2.05, 4.69) is 22.8 Å². The molecule has 0 atom stereocenters. The summed E-state index contributed by atoms with van der Waals surface area (Å²) in [6.45, 7) is 0. The van der Waals surface area contributed by atoms with Gasteiger partial charge in [0, 0.05) is 5.56 Å². The fraction of sp³-hybridized carbons (Fsp3) is 0.0455. The van der Waals surface area contributed by atoms with E-state index in [1.54, 1.807) is 30.3 Å². The summed E-state index contributed by atoms with van der Waals surface area (Å²) in [6.07, 6.45) is 0.789. The highest BCUT2D eigenvalue weighted by Crippen LogP contribution is 2.25. The molecule has 0 aliphatic carbocycles. The number of rotatable bonds is 4. The zero-order valence-corrected chi connectivity index (χ0v) is 14.4. The highest BCUT2D eigenvalue weighted by atomic mass is 16.2. The molecular formula is C22H16N2O3. The molecule has 5 heteroatoms. The molecule has 5 nitrogen and oxygen atoms in total. The number of carbonyl (C=O) groups excluding carboxylic acids is 3. The van der Waals surface area contributed by atoms with Gasteiger partial charge in [0.25, 0.3) is 17.7 Å². The minimum atomic E-state index is -0.496. The second kappa shape index (κ2) is 6.88. The Hall–Kier alpha value is -3.73. The van der Waals surface area contributed by atoms with Gasteiger partial charge in [-0.1, -0.05) is 48.5 Å². The van der Waals surface area contributed by atoms with Gasteiger partial charge in [-0.25, -0.2) is 0 Å². The molecule has 27 heavy (non-hydrogen) atoms. The fourth-order valence-electron chi connectivity index (χ4n) is 3.12. The van der Waals surface area contributed by atoms with Gasteiger partial charge in [0.2, 0.25) is 0 Å². The second-order valence-electron chi connectivity index (χ2n) is 6.32.